The second kappa shape index (κ2) is 6.00. The first kappa shape index (κ1) is 14.3. The summed E-state index contributed by atoms with van der Waals surface area (Å²) in [6, 6.07) is 9.05. The predicted molar refractivity (Wildman–Crippen MR) is 84.9 cm³/mol. The average Bonchev–Trinajstić information content (AvgIpc) is 3.24. The standard InChI is InChI=1S/C17H24N4/c1-20(11-13-10-19-21(2)12-13)17(9-18)16-6-4-3-5-15(16)14-7-8-14/h3-6,10,12,14,17H,7-9,11,18H2,1-2H3. The minimum Gasteiger partial charge on any atom is -0.329 e. The van der Waals surface area contributed by atoms with Crippen LogP contribution in [0, 0.1) is 0 Å². The molecule has 0 radical (unpaired) electrons. The zero-order chi connectivity index (χ0) is 14.8. The van der Waals surface area contributed by atoms with Crippen LogP contribution in [0.3, 0.4) is 0 Å². The van der Waals surface area contributed by atoms with Gasteiger partial charge >= 0.3 is 0 Å². The zero-order valence-corrected chi connectivity index (χ0v) is 12.9. The lowest BCUT2D eigenvalue weighted by molar-refractivity contribution is 0.240. The lowest BCUT2D eigenvalue weighted by atomic mass is 9.96. The minimum absolute atomic E-state index is 0.266. The summed E-state index contributed by atoms with van der Waals surface area (Å²) < 4.78 is 1.85. The van der Waals surface area contributed by atoms with Crippen LogP contribution in [0.4, 0.5) is 0 Å². The summed E-state index contributed by atoms with van der Waals surface area (Å²) in [4.78, 5) is 2.33. The van der Waals surface area contributed by atoms with E-state index in [-0.39, 0.29) is 6.04 Å². The molecular weight excluding hydrogens is 260 g/mol. The SMILES string of the molecule is CN(Cc1cnn(C)c1)C(CN)c1ccccc1C1CC1. The monoisotopic (exact) mass is 284 g/mol. The van der Waals surface area contributed by atoms with Crippen LogP contribution in [0.15, 0.2) is 36.7 Å². The van der Waals surface area contributed by atoms with Crippen LogP contribution >= 0.6 is 0 Å². The average molecular weight is 284 g/mol. The summed E-state index contributed by atoms with van der Waals surface area (Å²) in [5.74, 6) is 0.752. The number of hydrogen-bond acceptors (Lipinski definition) is 3. The molecule has 4 nitrogen and oxygen atoms in total. The molecule has 21 heavy (non-hydrogen) atoms. The third-order valence-electron chi connectivity index (χ3n) is 4.32. The van der Waals surface area contributed by atoms with Crippen molar-refractivity contribution >= 4 is 0 Å². The van der Waals surface area contributed by atoms with Gasteiger partial charge in [0.2, 0.25) is 0 Å². The van der Waals surface area contributed by atoms with Crippen molar-refractivity contribution < 1.29 is 0 Å². The van der Waals surface area contributed by atoms with Crippen molar-refractivity contribution in [2.24, 2.45) is 12.8 Å². The first-order valence-electron chi connectivity index (χ1n) is 7.65. The van der Waals surface area contributed by atoms with E-state index >= 15 is 0 Å². The molecule has 1 fully saturated rings. The molecule has 1 saturated carbocycles. The first-order chi connectivity index (χ1) is 10.2. The highest BCUT2D eigenvalue weighted by atomic mass is 15.2. The van der Waals surface area contributed by atoms with Crippen molar-refractivity contribution in [3.05, 3.63) is 53.3 Å². The van der Waals surface area contributed by atoms with E-state index in [2.05, 4.69) is 47.5 Å². The van der Waals surface area contributed by atoms with Crippen LogP contribution in [0.5, 0.6) is 0 Å². The molecular formula is C17H24N4. The van der Waals surface area contributed by atoms with Crippen molar-refractivity contribution in [1.82, 2.24) is 14.7 Å². The number of aryl methyl sites for hydroxylation is 1. The number of rotatable bonds is 6. The molecule has 112 valence electrons. The lowest BCUT2D eigenvalue weighted by Gasteiger charge is -2.28. The summed E-state index contributed by atoms with van der Waals surface area (Å²) in [5.41, 5.74) is 10.2. The molecule has 1 aromatic heterocycles. The Kier molecular flexibility index (Phi) is 4.08. The topological polar surface area (TPSA) is 47.1 Å². The van der Waals surface area contributed by atoms with Crippen LogP contribution < -0.4 is 5.73 Å². The van der Waals surface area contributed by atoms with E-state index < -0.39 is 0 Å². The van der Waals surface area contributed by atoms with E-state index in [0.717, 1.165) is 12.5 Å². The van der Waals surface area contributed by atoms with Crippen LogP contribution in [0.25, 0.3) is 0 Å². The summed E-state index contributed by atoms with van der Waals surface area (Å²) in [6.45, 7) is 1.51. The van der Waals surface area contributed by atoms with Crippen LogP contribution in [-0.4, -0.2) is 28.3 Å². The van der Waals surface area contributed by atoms with E-state index in [0.29, 0.717) is 6.54 Å². The number of aromatic nitrogens is 2. The maximum absolute atomic E-state index is 6.09. The number of likely N-dealkylation sites (N-methyl/N-ethyl adjacent to an activating group) is 1. The maximum Gasteiger partial charge on any atom is 0.0534 e. The highest BCUT2D eigenvalue weighted by molar-refractivity contribution is 5.36. The van der Waals surface area contributed by atoms with Gasteiger partial charge in [0, 0.05) is 37.9 Å². The van der Waals surface area contributed by atoms with Crippen LogP contribution in [-0.2, 0) is 13.6 Å². The first-order valence-corrected chi connectivity index (χ1v) is 7.65. The Morgan fingerprint density at radius 1 is 1.38 bits per heavy atom. The minimum atomic E-state index is 0.266. The van der Waals surface area contributed by atoms with Crippen molar-refractivity contribution in [2.45, 2.75) is 31.3 Å². The van der Waals surface area contributed by atoms with E-state index in [1.165, 1.54) is 29.5 Å². The maximum atomic E-state index is 6.09. The van der Waals surface area contributed by atoms with Gasteiger partial charge in [0.1, 0.15) is 0 Å². The van der Waals surface area contributed by atoms with Gasteiger partial charge in [-0.25, -0.2) is 0 Å². The van der Waals surface area contributed by atoms with Crippen molar-refractivity contribution in [1.29, 1.82) is 0 Å². The van der Waals surface area contributed by atoms with Gasteiger partial charge in [-0.15, -0.1) is 0 Å². The van der Waals surface area contributed by atoms with E-state index in [1.54, 1.807) is 0 Å². The molecule has 1 heterocycles. The molecule has 0 amide bonds. The molecule has 2 aromatic rings. The number of nitrogens with two attached hydrogens (primary N) is 1. The fourth-order valence-corrected chi connectivity index (χ4v) is 3.08. The van der Waals surface area contributed by atoms with Gasteiger partial charge < -0.3 is 5.73 Å². The highest BCUT2D eigenvalue weighted by Gasteiger charge is 2.29. The molecule has 1 aromatic carbocycles. The van der Waals surface area contributed by atoms with Gasteiger partial charge in [-0.2, -0.15) is 5.10 Å². The normalized spacial score (nSPS) is 16.4. The highest BCUT2D eigenvalue weighted by Crippen LogP contribution is 2.43. The predicted octanol–water partition coefficient (Wildman–Crippen LogP) is 2.43. The zero-order valence-electron chi connectivity index (χ0n) is 12.9. The molecule has 0 saturated heterocycles. The van der Waals surface area contributed by atoms with Gasteiger partial charge in [-0.3, -0.25) is 9.58 Å². The van der Waals surface area contributed by atoms with Crippen LogP contribution in [0.1, 0.15) is 41.5 Å². The Morgan fingerprint density at radius 3 is 2.76 bits per heavy atom. The van der Waals surface area contributed by atoms with Crippen molar-refractivity contribution in [2.75, 3.05) is 13.6 Å². The van der Waals surface area contributed by atoms with Crippen molar-refractivity contribution in [3.63, 3.8) is 0 Å². The molecule has 0 aliphatic heterocycles. The quantitative estimate of drug-likeness (QED) is 0.886. The fraction of sp³-hybridized carbons (Fsp3) is 0.471. The van der Waals surface area contributed by atoms with Gasteiger partial charge in [-0.1, -0.05) is 24.3 Å². The molecule has 0 spiro atoms. The van der Waals surface area contributed by atoms with Gasteiger partial charge in [0.15, 0.2) is 0 Å². The molecule has 3 rings (SSSR count). The van der Waals surface area contributed by atoms with Gasteiger partial charge in [0.05, 0.1) is 6.20 Å². The number of nitrogens with zero attached hydrogens (tertiary/aromatic N) is 3. The summed E-state index contributed by atoms with van der Waals surface area (Å²) in [5, 5.41) is 4.24. The van der Waals surface area contributed by atoms with E-state index in [4.69, 9.17) is 5.73 Å². The van der Waals surface area contributed by atoms with Gasteiger partial charge in [-0.05, 0) is 36.9 Å². The Bertz CT molecular complexity index is 600. The number of benzene rings is 1. The second-order valence-electron chi connectivity index (χ2n) is 6.09. The molecule has 1 atom stereocenters. The Balaban J connectivity index is 1.80. The molecule has 1 aliphatic rings. The summed E-state index contributed by atoms with van der Waals surface area (Å²) in [6.07, 6.45) is 6.63. The van der Waals surface area contributed by atoms with E-state index in [1.807, 2.05) is 17.9 Å². The Hall–Kier alpha value is -1.65. The van der Waals surface area contributed by atoms with Crippen molar-refractivity contribution in [3.8, 4) is 0 Å². The molecule has 1 unspecified atom stereocenters. The van der Waals surface area contributed by atoms with E-state index in [9.17, 15) is 0 Å². The summed E-state index contributed by atoms with van der Waals surface area (Å²) in [7, 11) is 4.10. The lowest BCUT2D eigenvalue weighted by Crippen LogP contribution is -2.30. The largest absolute Gasteiger partial charge is 0.329 e. The number of hydrogen-bond donors (Lipinski definition) is 1. The van der Waals surface area contributed by atoms with Crippen LogP contribution in [0.2, 0.25) is 0 Å². The molecule has 4 heteroatoms. The third-order valence-corrected chi connectivity index (χ3v) is 4.32. The third kappa shape index (κ3) is 3.17. The smallest absolute Gasteiger partial charge is 0.0534 e. The molecule has 0 bridgehead atoms. The molecule has 2 N–H and O–H groups in total. The fourth-order valence-electron chi connectivity index (χ4n) is 3.08. The second-order valence-corrected chi connectivity index (χ2v) is 6.09. The Labute approximate surface area is 126 Å². The summed E-state index contributed by atoms with van der Waals surface area (Å²) >= 11 is 0. The Morgan fingerprint density at radius 2 is 2.14 bits per heavy atom. The van der Waals surface area contributed by atoms with Gasteiger partial charge in [0.25, 0.3) is 0 Å². The molecule has 1 aliphatic carbocycles.